The monoisotopic (exact) mass is 450 g/mol. The van der Waals surface area contributed by atoms with Crippen molar-refractivity contribution in [2.45, 2.75) is 64.6 Å². The van der Waals surface area contributed by atoms with Crippen molar-refractivity contribution in [2.24, 2.45) is 0 Å². The van der Waals surface area contributed by atoms with Gasteiger partial charge in [0.05, 0.1) is 0 Å². The van der Waals surface area contributed by atoms with E-state index in [-0.39, 0.29) is 13.0 Å². The Kier molecular flexibility index (Phi) is 8.89. The molecule has 10 nitrogen and oxygen atoms in total. The zero-order valence-corrected chi connectivity index (χ0v) is 18.3. The van der Waals surface area contributed by atoms with Gasteiger partial charge in [0.2, 0.25) is 0 Å². The Labute approximate surface area is 185 Å². The number of carbonyl (C=O) groups is 5. The Morgan fingerprint density at radius 1 is 0.781 bits per heavy atom. The van der Waals surface area contributed by atoms with Gasteiger partial charge in [-0.2, -0.15) is 0 Å². The molecule has 1 heterocycles. The van der Waals surface area contributed by atoms with Gasteiger partial charge in [0.15, 0.2) is 18.3 Å². The Balaban J connectivity index is 2.43. The van der Waals surface area contributed by atoms with Crippen molar-refractivity contribution in [3.8, 4) is 0 Å². The molecule has 5 atom stereocenters. The second-order valence-electron chi connectivity index (χ2n) is 7.30. The lowest BCUT2D eigenvalue weighted by Gasteiger charge is -2.44. The molecule has 1 aromatic rings. The van der Waals surface area contributed by atoms with Crippen LogP contribution in [-0.2, 0) is 49.3 Å². The maximum absolute atomic E-state index is 11.8. The predicted octanol–water partition coefficient (Wildman–Crippen LogP) is 1.17. The summed E-state index contributed by atoms with van der Waals surface area (Å²) in [7, 11) is 0. The maximum atomic E-state index is 11.8. The zero-order valence-electron chi connectivity index (χ0n) is 18.3. The second kappa shape index (κ2) is 11.4. The number of ether oxygens (including phenoxy) is 5. The van der Waals surface area contributed by atoms with E-state index in [0.717, 1.165) is 12.5 Å². The molecule has 0 aromatic heterocycles. The smallest absolute Gasteiger partial charge is 0.303 e. The van der Waals surface area contributed by atoms with E-state index in [9.17, 15) is 24.0 Å². The molecule has 1 aliphatic heterocycles. The summed E-state index contributed by atoms with van der Waals surface area (Å²) >= 11 is 0. The highest BCUT2D eigenvalue weighted by Gasteiger charge is 2.51. The van der Waals surface area contributed by atoms with E-state index in [1.54, 1.807) is 24.3 Å². The summed E-state index contributed by atoms with van der Waals surface area (Å²) in [6.45, 7) is 4.44. The highest BCUT2D eigenvalue weighted by atomic mass is 16.7. The molecule has 0 saturated carbocycles. The largest absolute Gasteiger partial charge is 0.463 e. The number of hydrogen-bond donors (Lipinski definition) is 0. The lowest BCUT2D eigenvalue weighted by Crippen LogP contribution is -2.62. The molecular weight excluding hydrogens is 424 g/mol. The fraction of sp³-hybridized carbons (Fsp3) is 0.500. The SMILES string of the molecule is CC(=O)OC[C@H]1OC(Cc2ccc(C=O)cc2)[C@H](OC(C)=O)[C@@H](OC(C)=O)[C@@H]1OC(C)=O. The molecule has 1 aliphatic rings. The first-order valence-corrected chi connectivity index (χ1v) is 9.95. The predicted molar refractivity (Wildman–Crippen MR) is 107 cm³/mol. The van der Waals surface area contributed by atoms with E-state index in [2.05, 4.69) is 0 Å². The van der Waals surface area contributed by atoms with Crippen molar-refractivity contribution < 1.29 is 47.7 Å². The van der Waals surface area contributed by atoms with E-state index in [1.807, 2.05) is 0 Å². The molecule has 2 rings (SSSR count). The molecule has 0 N–H and O–H groups in total. The molecule has 1 aromatic carbocycles. The topological polar surface area (TPSA) is 132 Å². The minimum Gasteiger partial charge on any atom is -0.463 e. The van der Waals surface area contributed by atoms with Crippen molar-refractivity contribution >= 4 is 30.2 Å². The van der Waals surface area contributed by atoms with Crippen LogP contribution in [0.3, 0.4) is 0 Å². The Hall–Kier alpha value is -3.27. The van der Waals surface area contributed by atoms with Crippen LogP contribution in [0, 0.1) is 0 Å². The third-order valence-corrected chi connectivity index (χ3v) is 4.64. The van der Waals surface area contributed by atoms with Crippen molar-refractivity contribution in [2.75, 3.05) is 6.61 Å². The van der Waals surface area contributed by atoms with Gasteiger partial charge < -0.3 is 23.7 Å². The number of aldehydes is 1. The Morgan fingerprint density at radius 3 is 1.75 bits per heavy atom. The van der Waals surface area contributed by atoms with E-state index in [0.29, 0.717) is 11.8 Å². The molecule has 0 radical (unpaired) electrons. The van der Waals surface area contributed by atoms with Crippen LogP contribution < -0.4 is 0 Å². The van der Waals surface area contributed by atoms with Crippen LogP contribution in [0.15, 0.2) is 24.3 Å². The molecule has 174 valence electrons. The Morgan fingerprint density at radius 2 is 1.28 bits per heavy atom. The van der Waals surface area contributed by atoms with Crippen LogP contribution in [-0.4, -0.2) is 67.3 Å². The zero-order chi connectivity index (χ0) is 23.8. The highest BCUT2D eigenvalue weighted by Crippen LogP contribution is 2.31. The van der Waals surface area contributed by atoms with Crippen molar-refractivity contribution in [1.29, 1.82) is 0 Å². The molecule has 0 aliphatic carbocycles. The standard InChI is InChI=1S/C22H26O10/c1-12(24)28-11-19-21(30-14(3)26)22(31-15(4)27)20(29-13(2)25)18(32-19)9-16-5-7-17(10-23)8-6-16/h5-8,10,18-22H,9,11H2,1-4H3/t18?,19-,20+,21-,22-/m1/s1. The normalized spacial score (nSPS) is 24.7. The van der Waals surface area contributed by atoms with Gasteiger partial charge in [0.1, 0.15) is 25.1 Å². The summed E-state index contributed by atoms with van der Waals surface area (Å²) < 4.78 is 27.2. The first-order chi connectivity index (χ1) is 15.1. The third kappa shape index (κ3) is 7.16. The van der Waals surface area contributed by atoms with Gasteiger partial charge in [-0.3, -0.25) is 24.0 Å². The summed E-state index contributed by atoms with van der Waals surface area (Å²) in [4.78, 5) is 57.6. The third-order valence-electron chi connectivity index (χ3n) is 4.64. The summed E-state index contributed by atoms with van der Waals surface area (Å²) in [5.74, 6) is -2.61. The molecule has 10 heteroatoms. The fourth-order valence-corrected chi connectivity index (χ4v) is 3.45. The van der Waals surface area contributed by atoms with Crippen molar-refractivity contribution in [1.82, 2.24) is 0 Å². The summed E-state index contributed by atoms with van der Waals surface area (Å²) in [6.07, 6.45) is -4.41. The average molecular weight is 450 g/mol. The lowest BCUT2D eigenvalue weighted by molar-refractivity contribution is -0.252. The summed E-state index contributed by atoms with van der Waals surface area (Å²) in [6, 6.07) is 6.65. The van der Waals surface area contributed by atoms with Gasteiger partial charge in [-0.1, -0.05) is 24.3 Å². The van der Waals surface area contributed by atoms with Crippen LogP contribution in [0.2, 0.25) is 0 Å². The minimum atomic E-state index is -1.20. The molecule has 0 bridgehead atoms. The van der Waals surface area contributed by atoms with Gasteiger partial charge in [-0.05, 0) is 5.56 Å². The minimum absolute atomic E-state index is 0.207. The lowest BCUT2D eigenvalue weighted by atomic mass is 9.90. The van der Waals surface area contributed by atoms with Crippen LogP contribution >= 0.6 is 0 Å². The van der Waals surface area contributed by atoms with Crippen LogP contribution in [0.4, 0.5) is 0 Å². The number of carbonyl (C=O) groups excluding carboxylic acids is 5. The van der Waals surface area contributed by atoms with Crippen LogP contribution in [0.5, 0.6) is 0 Å². The Bertz CT molecular complexity index is 847. The summed E-state index contributed by atoms with van der Waals surface area (Å²) in [5, 5.41) is 0. The summed E-state index contributed by atoms with van der Waals surface area (Å²) in [5.41, 5.74) is 1.23. The second-order valence-corrected chi connectivity index (χ2v) is 7.30. The average Bonchev–Trinajstić information content (AvgIpc) is 2.70. The molecular formula is C22H26O10. The number of rotatable bonds is 8. The number of benzene rings is 1. The van der Waals surface area contributed by atoms with Gasteiger partial charge in [0.25, 0.3) is 0 Å². The van der Waals surface area contributed by atoms with Gasteiger partial charge in [-0.25, -0.2) is 0 Å². The molecule has 0 spiro atoms. The van der Waals surface area contributed by atoms with E-state index >= 15 is 0 Å². The van der Waals surface area contributed by atoms with Gasteiger partial charge >= 0.3 is 23.9 Å². The quantitative estimate of drug-likeness (QED) is 0.323. The molecule has 1 fully saturated rings. The van der Waals surface area contributed by atoms with E-state index in [4.69, 9.17) is 23.7 Å². The van der Waals surface area contributed by atoms with Crippen molar-refractivity contribution in [3.05, 3.63) is 35.4 Å². The molecule has 0 amide bonds. The number of hydrogen-bond acceptors (Lipinski definition) is 10. The van der Waals surface area contributed by atoms with Gasteiger partial charge in [-0.15, -0.1) is 0 Å². The molecule has 32 heavy (non-hydrogen) atoms. The fourth-order valence-electron chi connectivity index (χ4n) is 3.45. The van der Waals surface area contributed by atoms with Crippen LogP contribution in [0.25, 0.3) is 0 Å². The van der Waals surface area contributed by atoms with E-state index in [1.165, 1.54) is 20.8 Å². The first-order valence-electron chi connectivity index (χ1n) is 9.95. The van der Waals surface area contributed by atoms with Crippen molar-refractivity contribution in [3.63, 3.8) is 0 Å². The molecule has 1 saturated heterocycles. The number of esters is 4. The van der Waals surface area contributed by atoms with E-state index < -0.39 is 54.4 Å². The van der Waals surface area contributed by atoms with Crippen LogP contribution in [0.1, 0.15) is 43.6 Å². The first kappa shape index (κ1) is 25.0. The highest BCUT2D eigenvalue weighted by molar-refractivity contribution is 5.74. The molecule has 1 unspecified atom stereocenters. The van der Waals surface area contributed by atoms with Gasteiger partial charge in [0, 0.05) is 39.7 Å². The maximum Gasteiger partial charge on any atom is 0.303 e.